The van der Waals surface area contributed by atoms with Gasteiger partial charge in [0.25, 0.3) is 10.0 Å². The van der Waals surface area contributed by atoms with Crippen LogP contribution >= 0.6 is 23.4 Å². The molecule has 0 saturated heterocycles. The first-order valence-electron chi connectivity index (χ1n) is 6.80. The lowest BCUT2D eigenvalue weighted by Gasteiger charge is -2.12. The number of para-hydroxylation sites is 1. The summed E-state index contributed by atoms with van der Waals surface area (Å²) in [6.45, 7) is 0. The average Bonchev–Trinajstić information content (AvgIpc) is 2.69. The van der Waals surface area contributed by atoms with Crippen LogP contribution in [-0.2, 0) is 14.8 Å². The summed E-state index contributed by atoms with van der Waals surface area (Å²) in [7, 11) is -3.79. The summed E-state index contributed by atoms with van der Waals surface area (Å²) >= 11 is 7.51. The fraction of sp³-hybridized carbons (Fsp3) is 0.133. The molecule has 0 fully saturated rings. The van der Waals surface area contributed by atoms with E-state index in [1.165, 1.54) is 23.9 Å². The Balaban J connectivity index is 1.95. The molecule has 1 aliphatic heterocycles. The number of thioether (sulfide) groups is 1. The third-order valence-corrected chi connectivity index (χ3v) is 6.01. The van der Waals surface area contributed by atoms with E-state index in [4.69, 9.17) is 11.6 Å². The highest BCUT2D eigenvalue weighted by molar-refractivity contribution is 7.99. The van der Waals surface area contributed by atoms with Crippen molar-refractivity contribution in [2.24, 2.45) is 0 Å². The number of benzene rings is 2. The molecule has 2 aromatic carbocycles. The second kappa shape index (κ2) is 6.43. The monoisotopic (exact) mass is 368 g/mol. The van der Waals surface area contributed by atoms with Gasteiger partial charge in [0.15, 0.2) is 0 Å². The summed E-state index contributed by atoms with van der Waals surface area (Å²) in [6.07, 6.45) is 0.402. The van der Waals surface area contributed by atoms with E-state index >= 15 is 0 Å². The number of carbonyl (C=O) groups is 1. The van der Waals surface area contributed by atoms with Crippen LogP contribution in [0.2, 0.25) is 5.02 Å². The van der Waals surface area contributed by atoms with Gasteiger partial charge in [0.05, 0.1) is 21.3 Å². The van der Waals surface area contributed by atoms with Crippen molar-refractivity contribution in [2.45, 2.75) is 16.2 Å². The Morgan fingerprint density at radius 1 is 1.17 bits per heavy atom. The molecule has 1 amide bonds. The van der Waals surface area contributed by atoms with Crippen molar-refractivity contribution in [3.63, 3.8) is 0 Å². The fourth-order valence-corrected chi connectivity index (χ4v) is 4.40. The molecule has 8 heteroatoms. The quantitative estimate of drug-likeness (QED) is 0.868. The molecule has 0 saturated carbocycles. The lowest BCUT2D eigenvalue weighted by molar-refractivity contribution is -0.115. The Kier molecular flexibility index (Phi) is 4.52. The maximum absolute atomic E-state index is 12.5. The van der Waals surface area contributed by atoms with E-state index < -0.39 is 10.0 Å². The Morgan fingerprint density at radius 2 is 1.96 bits per heavy atom. The molecule has 0 radical (unpaired) electrons. The minimum atomic E-state index is -3.79. The number of hydrogen-bond acceptors (Lipinski definition) is 4. The topological polar surface area (TPSA) is 75.3 Å². The number of anilines is 2. The Morgan fingerprint density at radius 3 is 2.74 bits per heavy atom. The molecule has 120 valence electrons. The van der Waals surface area contributed by atoms with Gasteiger partial charge in [-0.25, -0.2) is 8.42 Å². The van der Waals surface area contributed by atoms with Crippen molar-refractivity contribution in [2.75, 3.05) is 15.8 Å². The first-order valence-corrected chi connectivity index (χ1v) is 9.64. The van der Waals surface area contributed by atoms with E-state index in [1.54, 1.807) is 30.3 Å². The second-order valence-electron chi connectivity index (χ2n) is 4.89. The normalized spacial score (nSPS) is 14.6. The number of rotatable bonds is 3. The lowest BCUT2D eigenvalue weighted by atomic mass is 10.3. The Hall–Kier alpha value is -1.70. The molecule has 0 atom stereocenters. The highest BCUT2D eigenvalue weighted by Gasteiger charge is 2.20. The zero-order chi connectivity index (χ0) is 16.4. The molecular formula is C15H13ClN2O3S2. The molecule has 0 spiro atoms. The van der Waals surface area contributed by atoms with Gasteiger partial charge < -0.3 is 5.32 Å². The van der Waals surface area contributed by atoms with E-state index in [-0.39, 0.29) is 10.8 Å². The van der Waals surface area contributed by atoms with Crippen LogP contribution in [0.1, 0.15) is 6.42 Å². The Labute approximate surface area is 143 Å². The van der Waals surface area contributed by atoms with Gasteiger partial charge in [0, 0.05) is 17.1 Å². The maximum Gasteiger partial charge on any atom is 0.262 e. The van der Waals surface area contributed by atoms with E-state index in [9.17, 15) is 13.2 Å². The number of carbonyl (C=O) groups excluding carboxylic acids is 1. The molecule has 2 N–H and O–H groups in total. The summed E-state index contributed by atoms with van der Waals surface area (Å²) in [5.41, 5.74) is 0.821. The molecule has 1 heterocycles. The van der Waals surface area contributed by atoms with Crippen LogP contribution in [0.15, 0.2) is 52.3 Å². The highest BCUT2D eigenvalue weighted by atomic mass is 35.5. The molecule has 5 nitrogen and oxygen atoms in total. The maximum atomic E-state index is 12.5. The zero-order valence-electron chi connectivity index (χ0n) is 11.9. The molecule has 1 aliphatic rings. The average molecular weight is 369 g/mol. The minimum absolute atomic E-state index is 0.0685. The van der Waals surface area contributed by atoms with Crippen LogP contribution in [0.5, 0.6) is 0 Å². The summed E-state index contributed by atoms with van der Waals surface area (Å²) < 4.78 is 27.5. The van der Waals surface area contributed by atoms with Gasteiger partial charge in [-0.1, -0.05) is 23.7 Å². The third kappa shape index (κ3) is 3.63. The highest BCUT2D eigenvalue weighted by Crippen LogP contribution is 2.33. The number of amides is 1. The summed E-state index contributed by atoms with van der Waals surface area (Å²) in [6, 6.07) is 11.3. The van der Waals surface area contributed by atoms with Crippen molar-refractivity contribution in [1.29, 1.82) is 0 Å². The number of hydrogen-bond donors (Lipinski definition) is 2. The fourth-order valence-electron chi connectivity index (χ4n) is 2.11. The van der Waals surface area contributed by atoms with Gasteiger partial charge >= 0.3 is 0 Å². The first-order chi connectivity index (χ1) is 11.0. The number of fused-ring (bicyclic) bond motifs is 1. The second-order valence-corrected chi connectivity index (χ2v) is 8.12. The number of sulfonamides is 1. The van der Waals surface area contributed by atoms with Crippen LogP contribution < -0.4 is 10.0 Å². The van der Waals surface area contributed by atoms with E-state index in [0.717, 1.165) is 4.90 Å². The van der Waals surface area contributed by atoms with Gasteiger partial charge in [-0.3, -0.25) is 9.52 Å². The van der Waals surface area contributed by atoms with Gasteiger partial charge in [-0.2, -0.15) is 0 Å². The van der Waals surface area contributed by atoms with Crippen molar-refractivity contribution >= 4 is 50.7 Å². The summed E-state index contributed by atoms with van der Waals surface area (Å²) in [5, 5.41) is 3.05. The molecule has 0 unspecified atom stereocenters. The van der Waals surface area contributed by atoms with Crippen LogP contribution in [-0.4, -0.2) is 20.1 Å². The predicted molar refractivity (Wildman–Crippen MR) is 92.7 cm³/mol. The van der Waals surface area contributed by atoms with Crippen LogP contribution in [0, 0.1) is 0 Å². The van der Waals surface area contributed by atoms with E-state index in [2.05, 4.69) is 10.0 Å². The van der Waals surface area contributed by atoms with Crippen LogP contribution in [0.4, 0.5) is 11.4 Å². The number of nitrogens with one attached hydrogen (secondary N) is 2. The Bertz CT molecular complexity index is 869. The van der Waals surface area contributed by atoms with Crippen molar-refractivity contribution in [1.82, 2.24) is 0 Å². The SMILES string of the molecule is O=C1CCSc2ccc(S(=O)(=O)Nc3ccccc3Cl)cc2N1. The molecule has 0 aliphatic carbocycles. The predicted octanol–water partition coefficient (Wildman–Crippen LogP) is 3.58. The first kappa shape index (κ1) is 16.2. The zero-order valence-corrected chi connectivity index (χ0v) is 14.3. The smallest absolute Gasteiger partial charge is 0.262 e. The van der Waals surface area contributed by atoms with Gasteiger partial charge in [-0.05, 0) is 30.3 Å². The standard InChI is InChI=1S/C15H13ClN2O3S2/c16-11-3-1-2-4-12(11)18-23(20,21)10-5-6-14-13(9-10)17-15(19)7-8-22-14/h1-6,9,18H,7-8H2,(H,17,19). The third-order valence-electron chi connectivity index (χ3n) is 3.24. The van der Waals surface area contributed by atoms with Crippen LogP contribution in [0.3, 0.4) is 0 Å². The molecule has 23 heavy (non-hydrogen) atoms. The van der Waals surface area contributed by atoms with Gasteiger partial charge in [0.2, 0.25) is 5.91 Å². The molecule has 2 aromatic rings. The van der Waals surface area contributed by atoms with Crippen molar-refractivity contribution in [3.05, 3.63) is 47.5 Å². The molecule has 3 rings (SSSR count). The summed E-state index contributed by atoms with van der Waals surface area (Å²) in [4.78, 5) is 12.6. The van der Waals surface area contributed by atoms with Crippen LogP contribution in [0.25, 0.3) is 0 Å². The lowest BCUT2D eigenvalue weighted by Crippen LogP contribution is -2.14. The van der Waals surface area contributed by atoms with Crippen molar-refractivity contribution in [3.8, 4) is 0 Å². The summed E-state index contributed by atoms with van der Waals surface area (Å²) in [5.74, 6) is 0.549. The van der Waals surface area contributed by atoms with Crippen molar-refractivity contribution < 1.29 is 13.2 Å². The largest absolute Gasteiger partial charge is 0.325 e. The van der Waals surface area contributed by atoms with Gasteiger partial charge in [-0.15, -0.1) is 11.8 Å². The van der Waals surface area contributed by atoms with E-state index in [1.807, 2.05) is 0 Å². The van der Waals surface area contributed by atoms with E-state index in [0.29, 0.717) is 28.6 Å². The molecular weight excluding hydrogens is 356 g/mol. The molecule has 0 aromatic heterocycles. The number of halogens is 1. The minimum Gasteiger partial charge on any atom is -0.325 e. The molecule has 0 bridgehead atoms. The van der Waals surface area contributed by atoms with Gasteiger partial charge in [0.1, 0.15) is 0 Å².